The molecule has 0 radical (unpaired) electrons. The summed E-state index contributed by atoms with van der Waals surface area (Å²) in [6, 6.07) is 5.32. The topological polar surface area (TPSA) is 80.2 Å². The van der Waals surface area contributed by atoms with Crippen molar-refractivity contribution in [1.29, 1.82) is 0 Å². The summed E-state index contributed by atoms with van der Waals surface area (Å²) >= 11 is 5.75. The summed E-state index contributed by atoms with van der Waals surface area (Å²) < 4.78 is 15.0. The van der Waals surface area contributed by atoms with E-state index in [9.17, 15) is 18.8 Å². The van der Waals surface area contributed by atoms with Crippen molar-refractivity contribution in [2.24, 2.45) is 0 Å². The van der Waals surface area contributed by atoms with Crippen LogP contribution in [0.25, 0.3) is 0 Å². The number of nitrogens with zero attached hydrogens (tertiary/aromatic N) is 1. The van der Waals surface area contributed by atoms with Crippen molar-refractivity contribution in [2.45, 2.75) is 45.7 Å². The van der Waals surface area contributed by atoms with E-state index in [2.05, 4.69) is 10.6 Å². The van der Waals surface area contributed by atoms with Crippen LogP contribution < -0.4 is 10.6 Å². The van der Waals surface area contributed by atoms with E-state index in [0.717, 1.165) is 12.5 Å². The predicted molar refractivity (Wildman–Crippen MR) is 104 cm³/mol. The maximum absolute atomic E-state index is 13.3. The minimum absolute atomic E-state index is 0.102. The molecule has 8 heteroatoms. The molecule has 1 aliphatic heterocycles. The minimum atomic E-state index is -0.711. The molecule has 1 aliphatic rings. The molecule has 0 aliphatic carbocycles. The summed E-state index contributed by atoms with van der Waals surface area (Å²) in [5.41, 5.74) is 1.02. The average Bonchev–Trinajstić information content (AvgIpc) is 3.18. The summed E-state index contributed by atoms with van der Waals surface area (Å²) in [7, 11) is 0. The Kier molecular flexibility index (Phi) is 5.30. The van der Waals surface area contributed by atoms with Crippen LogP contribution >= 0.6 is 11.6 Å². The van der Waals surface area contributed by atoms with Gasteiger partial charge in [0.1, 0.15) is 5.82 Å². The van der Waals surface area contributed by atoms with E-state index in [1.165, 1.54) is 18.2 Å². The van der Waals surface area contributed by atoms with Gasteiger partial charge in [0.25, 0.3) is 17.6 Å². The zero-order valence-electron chi connectivity index (χ0n) is 15.9. The minimum Gasteiger partial charge on any atom is -0.345 e. The van der Waals surface area contributed by atoms with Crippen molar-refractivity contribution in [2.75, 3.05) is 5.32 Å². The number of aromatic nitrogens is 1. The van der Waals surface area contributed by atoms with Crippen molar-refractivity contribution in [3.05, 3.63) is 52.1 Å². The Morgan fingerprint density at radius 2 is 1.89 bits per heavy atom. The third-order valence-corrected chi connectivity index (χ3v) is 4.64. The maximum atomic E-state index is 13.3. The number of amides is 2. The Bertz CT molecular complexity index is 976. The highest BCUT2D eigenvalue weighted by Gasteiger charge is 2.30. The summed E-state index contributed by atoms with van der Waals surface area (Å²) in [6.07, 6.45) is 1.40. The van der Waals surface area contributed by atoms with E-state index in [-0.39, 0.29) is 10.7 Å². The van der Waals surface area contributed by atoms with Gasteiger partial charge >= 0.3 is 0 Å². The summed E-state index contributed by atoms with van der Waals surface area (Å²) in [5, 5.41) is 5.20. The molecule has 6 nitrogen and oxygen atoms in total. The lowest BCUT2D eigenvalue weighted by molar-refractivity contribution is -0.118. The standard InChI is InChI=1S/C20H21ClFN3O3/c1-20(2,3)24-19(28)17(26)16-10-12(15-5-4-8-25(15)16)18(27)23-11-6-7-14(22)13(21)9-11/h6-7,9-10H,4-5,8H2,1-3H3,(H,23,27)(H,24,28). The van der Waals surface area contributed by atoms with Gasteiger partial charge in [0.2, 0.25) is 0 Å². The summed E-state index contributed by atoms with van der Waals surface area (Å²) in [5.74, 6) is -2.41. The number of hydrogen-bond donors (Lipinski definition) is 2. The zero-order valence-corrected chi connectivity index (χ0v) is 16.6. The first kappa shape index (κ1) is 20.1. The first-order valence-corrected chi connectivity index (χ1v) is 9.30. The molecule has 0 bridgehead atoms. The van der Waals surface area contributed by atoms with Crippen molar-refractivity contribution in [3.8, 4) is 0 Å². The molecule has 0 spiro atoms. The van der Waals surface area contributed by atoms with Crippen LogP contribution in [0.2, 0.25) is 5.02 Å². The van der Waals surface area contributed by atoms with Crippen molar-refractivity contribution in [3.63, 3.8) is 0 Å². The Balaban J connectivity index is 1.88. The number of Topliss-reactive ketones (excluding diaryl/α,β-unsaturated/α-hetero) is 1. The van der Waals surface area contributed by atoms with Gasteiger partial charge in [-0.2, -0.15) is 0 Å². The number of halogens is 2. The first-order valence-electron chi connectivity index (χ1n) is 8.92. The highest BCUT2D eigenvalue weighted by Crippen LogP contribution is 2.26. The second-order valence-electron chi connectivity index (χ2n) is 7.76. The molecule has 0 saturated carbocycles. The molecule has 148 valence electrons. The number of fused-ring (bicyclic) bond motifs is 1. The summed E-state index contributed by atoms with van der Waals surface area (Å²) in [6.45, 7) is 5.92. The quantitative estimate of drug-likeness (QED) is 0.602. The van der Waals surface area contributed by atoms with Crippen LogP contribution in [0.3, 0.4) is 0 Å². The highest BCUT2D eigenvalue weighted by atomic mass is 35.5. The average molecular weight is 406 g/mol. The molecule has 2 amide bonds. The molecule has 2 heterocycles. The molecule has 2 N–H and O–H groups in total. The number of carbonyl (C=O) groups excluding carboxylic acids is 3. The van der Waals surface area contributed by atoms with Gasteiger partial charge in [-0.25, -0.2) is 4.39 Å². The van der Waals surface area contributed by atoms with E-state index in [1.807, 2.05) is 0 Å². The third kappa shape index (κ3) is 4.09. The molecular formula is C20H21ClFN3O3. The Morgan fingerprint density at radius 1 is 1.18 bits per heavy atom. The number of nitrogens with one attached hydrogen (secondary N) is 2. The monoisotopic (exact) mass is 405 g/mol. The van der Waals surface area contributed by atoms with Crippen LogP contribution in [-0.2, 0) is 17.8 Å². The highest BCUT2D eigenvalue weighted by molar-refractivity contribution is 6.42. The molecule has 0 saturated heterocycles. The van der Waals surface area contributed by atoms with Gasteiger partial charge < -0.3 is 15.2 Å². The second kappa shape index (κ2) is 7.39. The second-order valence-corrected chi connectivity index (χ2v) is 8.17. The molecule has 3 rings (SSSR count). The van der Waals surface area contributed by atoms with Gasteiger partial charge in [0, 0.05) is 23.5 Å². The number of anilines is 1. The number of ketones is 1. The molecule has 0 unspecified atom stereocenters. The van der Waals surface area contributed by atoms with Gasteiger partial charge in [-0.3, -0.25) is 14.4 Å². The largest absolute Gasteiger partial charge is 0.345 e. The van der Waals surface area contributed by atoms with Crippen molar-refractivity contribution >= 4 is 34.9 Å². The van der Waals surface area contributed by atoms with E-state index in [1.54, 1.807) is 25.3 Å². The fourth-order valence-electron chi connectivity index (χ4n) is 3.19. The van der Waals surface area contributed by atoms with Crippen LogP contribution in [0.1, 0.15) is 53.7 Å². The van der Waals surface area contributed by atoms with Crippen molar-refractivity contribution < 1.29 is 18.8 Å². The third-order valence-electron chi connectivity index (χ3n) is 4.35. The lowest BCUT2D eigenvalue weighted by Crippen LogP contribution is -2.44. The maximum Gasteiger partial charge on any atom is 0.294 e. The van der Waals surface area contributed by atoms with E-state index < -0.39 is 29.0 Å². The molecule has 1 aromatic heterocycles. The lowest BCUT2D eigenvalue weighted by Gasteiger charge is -2.19. The van der Waals surface area contributed by atoms with Crippen LogP contribution in [0.15, 0.2) is 24.3 Å². The first-order chi connectivity index (χ1) is 13.1. The van der Waals surface area contributed by atoms with Gasteiger partial charge in [-0.15, -0.1) is 0 Å². The number of hydrogen-bond acceptors (Lipinski definition) is 3. The van der Waals surface area contributed by atoms with Crippen molar-refractivity contribution in [1.82, 2.24) is 9.88 Å². The number of benzene rings is 1. The van der Waals surface area contributed by atoms with Crippen LogP contribution in [0.4, 0.5) is 10.1 Å². The van der Waals surface area contributed by atoms with Crippen LogP contribution in [-0.4, -0.2) is 27.7 Å². The summed E-state index contributed by atoms with van der Waals surface area (Å²) in [4.78, 5) is 37.6. The normalized spacial score (nSPS) is 13.2. The Morgan fingerprint density at radius 3 is 2.54 bits per heavy atom. The Hall–Kier alpha value is -2.67. The molecule has 2 aromatic rings. The van der Waals surface area contributed by atoms with E-state index in [4.69, 9.17) is 11.6 Å². The Labute approximate surface area is 167 Å². The molecule has 0 atom stereocenters. The zero-order chi connectivity index (χ0) is 20.6. The van der Waals surface area contributed by atoms with Crippen LogP contribution in [0, 0.1) is 5.82 Å². The lowest BCUT2D eigenvalue weighted by atomic mass is 10.1. The predicted octanol–water partition coefficient (Wildman–Crippen LogP) is 3.58. The molecule has 0 fully saturated rings. The molecular weight excluding hydrogens is 385 g/mol. The van der Waals surface area contributed by atoms with Gasteiger partial charge in [0.15, 0.2) is 0 Å². The fraction of sp³-hybridized carbons (Fsp3) is 0.350. The fourth-order valence-corrected chi connectivity index (χ4v) is 3.37. The van der Waals surface area contributed by atoms with E-state index in [0.29, 0.717) is 29.9 Å². The van der Waals surface area contributed by atoms with Gasteiger partial charge in [-0.05, 0) is 57.9 Å². The van der Waals surface area contributed by atoms with Gasteiger partial charge in [0.05, 0.1) is 16.3 Å². The molecule has 28 heavy (non-hydrogen) atoms. The smallest absolute Gasteiger partial charge is 0.294 e. The number of carbonyl (C=O) groups is 3. The molecule has 1 aromatic carbocycles. The van der Waals surface area contributed by atoms with Crippen LogP contribution in [0.5, 0.6) is 0 Å². The SMILES string of the molecule is CC(C)(C)NC(=O)C(=O)c1cc(C(=O)Nc2ccc(F)c(Cl)c2)c2n1CCC2. The number of rotatable bonds is 4. The van der Waals surface area contributed by atoms with Gasteiger partial charge in [-0.1, -0.05) is 11.6 Å². The van der Waals surface area contributed by atoms with E-state index >= 15 is 0 Å².